The van der Waals surface area contributed by atoms with E-state index in [1.807, 2.05) is 33.3 Å². The number of fused-ring (bicyclic) bond motifs is 1. The topological polar surface area (TPSA) is 99.7 Å². The van der Waals surface area contributed by atoms with Crippen LogP contribution in [0, 0.1) is 11.8 Å². The van der Waals surface area contributed by atoms with E-state index in [1.54, 1.807) is 23.1 Å². The maximum atomic E-state index is 13.4. The van der Waals surface area contributed by atoms with Gasteiger partial charge in [0, 0.05) is 62.4 Å². The molecular weight excluding hydrogens is 444 g/mol. The molecule has 2 heterocycles. The fraction of sp³-hybridized carbons (Fsp3) is 0.538. The van der Waals surface area contributed by atoms with Gasteiger partial charge < -0.3 is 20.3 Å². The molecule has 190 valence electrons. The molecular formula is C26H38N6O3. The Bertz CT molecular complexity index is 1000. The van der Waals surface area contributed by atoms with E-state index in [4.69, 9.17) is 4.74 Å². The number of rotatable bonds is 4. The first-order valence-electron chi connectivity index (χ1n) is 12.2. The second-order valence-electron chi connectivity index (χ2n) is 9.94. The first-order chi connectivity index (χ1) is 16.6. The molecule has 0 radical (unpaired) electrons. The predicted molar refractivity (Wildman–Crippen MR) is 136 cm³/mol. The van der Waals surface area contributed by atoms with Crippen molar-refractivity contribution in [2.75, 3.05) is 32.1 Å². The normalized spacial score (nSPS) is 22.0. The maximum absolute atomic E-state index is 13.4. The lowest BCUT2D eigenvalue weighted by Gasteiger charge is -2.35. The molecule has 3 atom stereocenters. The van der Waals surface area contributed by atoms with Crippen LogP contribution in [0.3, 0.4) is 0 Å². The van der Waals surface area contributed by atoms with Gasteiger partial charge in [-0.2, -0.15) is 0 Å². The number of amides is 3. The zero-order chi connectivity index (χ0) is 25.5. The first kappa shape index (κ1) is 26.4. The van der Waals surface area contributed by atoms with Crippen LogP contribution in [0.25, 0.3) is 0 Å². The summed E-state index contributed by atoms with van der Waals surface area (Å²) in [7, 11) is 1.81. The highest BCUT2D eigenvalue weighted by molar-refractivity contribution is 5.99. The number of aromatic nitrogens is 2. The molecule has 3 rings (SSSR count). The molecule has 1 aliphatic rings. The minimum atomic E-state index is -0.313. The Kier molecular flexibility index (Phi) is 9.03. The second-order valence-corrected chi connectivity index (χ2v) is 9.94. The highest BCUT2D eigenvalue weighted by atomic mass is 16.5. The summed E-state index contributed by atoms with van der Waals surface area (Å²) in [6, 6.07) is 4.99. The molecule has 2 aromatic rings. The molecule has 1 aliphatic heterocycles. The Morgan fingerprint density at radius 1 is 1.14 bits per heavy atom. The SMILES string of the molecule is CC(C)NC(=O)Nc1ccc2c(c1)C(=O)N(C)C[C@H](C)[C@@H](C)CN(Cc1cncnc1)[C@@H](C)CO2. The van der Waals surface area contributed by atoms with Gasteiger partial charge in [-0.1, -0.05) is 13.8 Å². The van der Waals surface area contributed by atoms with Crippen LogP contribution in [-0.2, 0) is 6.54 Å². The van der Waals surface area contributed by atoms with Crippen LogP contribution in [0.2, 0.25) is 0 Å². The van der Waals surface area contributed by atoms with Gasteiger partial charge in [-0.25, -0.2) is 14.8 Å². The number of nitrogens with zero attached hydrogens (tertiary/aromatic N) is 4. The van der Waals surface area contributed by atoms with Crippen molar-refractivity contribution >= 4 is 17.6 Å². The lowest BCUT2D eigenvalue weighted by Crippen LogP contribution is -2.43. The number of carbonyl (C=O) groups excluding carboxylic acids is 2. The van der Waals surface area contributed by atoms with Crippen molar-refractivity contribution in [3.63, 3.8) is 0 Å². The quantitative estimate of drug-likeness (QED) is 0.690. The highest BCUT2D eigenvalue weighted by Crippen LogP contribution is 2.27. The standard InChI is InChI=1S/C26H38N6O3/c1-17(2)29-26(34)30-22-7-8-24-23(9-22)25(33)31(6)12-18(3)19(4)13-32(20(5)15-35-24)14-21-10-27-16-28-11-21/h7-11,16-20H,12-15H2,1-6H3,(H2,29,30,34)/t18-,19-,20-/m0/s1. The summed E-state index contributed by atoms with van der Waals surface area (Å²) in [5, 5.41) is 5.60. The molecule has 9 nitrogen and oxygen atoms in total. The number of urea groups is 1. The molecule has 2 N–H and O–H groups in total. The molecule has 3 amide bonds. The zero-order valence-electron chi connectivity index (χ0n) is 21.6. The number of hydrogen-bond donors (Lipinski definition) is 2. The van der Waals surface area contributed by atoms with Crippen LogP contribution in [0.4, 0.5) is 10.5 Å². The summed E-state index contributed by atoms with van der Waals surface area (Å²) in [6.07, 6.45) is 5.23. The Balaban J connectivity index is 1.88. The van der Waals surface area contributed by atoms with Gasteiger partial charge in [-0.3, -0.25) is 9.69 Å². The highest BCUT2D eigenvalue weighted by Gasteiger charge is 2.27. The number of ether oxygens (including phenoxy) is 1. The van der Waals surface area contributed by atoms with Gasteiger partial charge in [-0.15, -0.1) is 0 Å². The van der Waals surface area contributed by atoms with E-state index >= 15 is 0 Å². The largest absolute Gasteiger partial charge is 0.491 e. The van der Waals surface area contributed by atoms with Crippen molar-refractivity contribution in [1.29, 1.82) is 0 Å². The molecule has 0 fully saturated rings. The van der Waals surface area contributed by atoms with Gasteiger partial charge in [-0.05, 0) is 50.8 Å². The zero-order valence-corrected chi connectivity index (χ0v) is 21.6. The second kappa shape index (κ2) is 12.0. The Labute approximate surface area is 208 Å². The Hall–Kier alpha value is -3.20. The fourth-order valence-electron chi connectivity index (χ4n) is 4.14. The number of benzene rings is 1. The lowest BCUT2D eigenvalue weighted by atomic mass is 9.93. The molecule has 0 aliphatic carbocycles. The van der Waals surface area contributed by atoms with Crippen molar-refractivity contribution < 1.29 is 14.3 Å². The monoisotopic (exact) mass is 482 g/mol. The summed E-state index contributed by atoms with van der Waals surface area (Å²) in [6.45, 7) is 12.9. The van der Waals surface area contributed by atoms with E-state index in [0.717, 1.165) is 18.7 Å². The maximum Gasteiger partial charge on any atom is 0.319 e. The van der Waals surface area contributed by atoms with Gasteiger partial charge in [0.15, 0.2) is 0 Å². The molecule has 0 unspecified atom stereocenters. The average Bonchev–Trinajstić information content (AvgIpc) is 2.81. The van der Waals surface area contributed by atoms with Gasteiger partial charge >= 0.3 is 6.03 Å². The first-order valence-corrected chi connectivity index (χ1v) is 12.2. The third kappa shape index (κ3) is 7.39. The molecule has 1 aromatic carbocycles. The van der Waals surface area contributed by atoms with Crippen molar-refractivity contribution in [2.45, 2.75) is 53.2 Å². The van der Waals surface area contributed by atoms with Crippen LogP contribution in [0.5, 0.6) is 5.75 Å². The van der Waals surface area contributed by atoms with Crippen molar-refractivity contribution in [3.05, 3.63) is 48.0 Å². The predicted octanol–water partition coefficient (Wildman–Crippen LogP) is 3.63. The van der Waals surface area contributed by atoms with Gasteiger partial charge in [0.1, 0.15) is 18.7 Å². The van der Waals surface area contributed by atoms with Crippen LogP contribution < -0.4 is 15.4 Å². The van der Waals surface area contributed by atoms with Crippen molar-refractivity contribution in [1.82, 2.24) is 25.1 Å². The Morgan fingerprint density at radius 3 is 2.51 bits per heavy atom. The minimum Gasteiger partial charge on any atom is -0.491 e. The molecule has 0 bridgehead atoms. The molecule has 35 heavy (non-hydrogen) atoms. The van der Waals surface area contributed by atoms with E-state index in [9.17, 15) is 9.59 Å². The fourth-order valence-corrected chi connectivity index (χ4v) is 4.14. The van der Waals surface area contributed by atoms with Gasteiger partial charge in [0.05, 0.1) is 5.56 Å². The lowest BCUT2D eigenvalue weighted by molar-refractivity contribution is 0.0696. The summed E-state index contributed by atoms with van der Waals surface area (Å²) in [5.41, 5.74) is 2.03. The van der Waals surface area contributed by atoms with Gasteiger partial charge in [0.2, 0.25) is 0 Å². The van der Waals surface area contributed by atoms with Crippen LogP contribution in [0.1, 0.15) is 50.5 Å². The van der Waals surface area contributed by atoms with Crippen molar-refractivity contribution in [3.8, 4) is 5.75 Å². The molecule has 0 saturated heterocycles. The third-order valence-electron chi connectivity index (χ3n) is 6.39. The summed E-state index contributed by atoms with van der Waals surface area (Å²) >= 11 is 0. The van der Waals surface area contributed by atoms with Crippen molar-refractivity contribution in [2.24, 2.45) is 11.8 Å². The summed E-state index contributed by atoms with van der Waals surface area (Å²) in [4.78, 5) is 38.0. The van der Waals surface area contributed by atoms with E-state index in [0.29, 0.717) is 36.1 Å². The van der Waals surface area contributed by atoms with Crippen LogP contribution >= 0.6 is 0 Å². The average molecular weight is 483 g/mol. The summed E-state index contributed by atoms with van der Waals surface area (Å²) < 4.78 is 6.20. The van der Waals surface area contributed by atoms with Crippen LogP contribution in [-0.4, -0.2) is 70.5 Å². The molecule has 1 aromatic heterocycles. The van der Waals surface area contributed by atoms with E-state index in [1.165, 1.54) is 6.33 Å². The number of hydrogen-bond acceptors (Lipinski definition) is 6. The Morgan fingerprint density at radius 2 is 1.83 bits per heavy atom. The number of anilines is 1. The van der Waals surface area contributed by atoms with E-state index in [-0.39, 0.29) is 29.9 Å². The number of nitrogens with one attached hydrogen (secondary N) is 2. The van der Waals surface area contributed by atoms with E-state index < -0.39 is 0 Å². The molecule has 0 saturated carbocycles. The molecule has 0 spiro atoms. The number of carbonyl (C=O) groups is 2. The minimum absolute atomic E-state index is 0.00532. The van der Waals surface area contributed by atoms with Crippen LogP contribution in [0.15, 0.2) is 36.9 Å². The summed E-state index contributed by atoms with van der Waals surface area (Å²) in [5.74, 6) is 1.02. The smallest absolute Gasteiger partial charge is 0.319 e. The van der Waals surface area contributed by atoms with E-state index in [2.05, 4.69) is 46.3 Å². The third-order valence-corrected chi connectivity index (χ3v) is 6.39. The molecule has 9 heteroatoms. The van der Waals surface area contributed by atoms with Gasteiger partial charge in [0.25, 0.3) is 5.91 Å².